The molecule has 9 heteroatoms. The van der Waals surface area contributed by atoms with Crippen LogP contribution in [0.15, 0.2) is 41.5 Å². The maximum atomic E-state index is 13.5. The van der Waals surface area contributed by atoms with Gasteiger partial charge in [-0.05, 0) is 35.9 Å². The van der Waals surface area contributed by atoms with Gasteiger partial charge in [-0.1, -0.05) is 17.7 Å². The molecular weight excluding hydrogens is 381 g/mol. The molecule has 140 valence electrons. The average molecular weight is 395 g/mol. The molecule has 0 aliphatic carbocycles. The zero-order valence-corrected chi connectivity index (χ0v) is 14.7. The van der Waals surface area contributed by atoms with Gasteiger partial charge in [-0.3, -0.25) is 10.2 Å². The molecule has 0 radical (unpaired) electrons. The molecule has 27 heavy (non-hydrogen) atoms. The van der Waals surface area contributed by atoms with Crippen molar-refractivity contribution in [3.63, 3.8) is 0 Å². The predicted molar refractivity (Wildman–Crippen MR) is 93.7 cm³/mol. The van der Waals surface area contributed by atoms with E-state index < -0.39 is 23.6 Å². The van der Waals surface area contributed by atoms with Crippen LogP contribution in [0.2, 0.25) is 5.02 Å². The number of nitrogens with zero attached hydrogens (tertiary/aromatic N) is 3. The molecule has 0 aromatic heterocycles. The summed E-state index contributed by atoms with van der Waals surface area (Å²) < 4.78 is 39.9. The van der Waals surface area contributed by atoms with Crippen molar-refractivity contribution in [2.45, 2.75) is 6.17 Å². The lowest BCUT2D eigenvalue weighted by Gasteiger charge is -2.36. The Balaban J connectivity index is 1.50. The van der Waals surface area contributed by atoms with Crippen LogP contribution < -0.4 is 5.43 Å². The van der Waals surface area contributed by atoms with E-state index in [9.17, 15) is 18.0 Å². The van der Waals surface area contributed by atoms with E-state index in [1.807, 2.05) is 4.90 Å². The van der Waals surface area contributed by atoms with Gasteiger partial charge < -0.3 is 9.80 Å². The van der Waals surface area contributed by atoms with Crippen molar-refractivity contribution in [2.75, 3.05) is 19.6 Å². The molecule has 5 nitrogen and oxygen atoms in total. The van der Waals surface area contributed by atoms with Gasteiger partial charge in [0.1, 0.15) is 17.8 Å². The molecule has 1 atom stereocenters. The number of fused-ring (bicyclic) bond motifs is 1. The smallest absolute Gasteiger partial charge is 0.255 e. The Morgan fingerprint density at radius 3 is 2.67 bits per heavy atom. The summed E-state index contributed by atoms with van der Waals surface area (Å²) in [6.45, 7) is 1.05. The van der Waals surface area contributed by atoms with Crippen LogP contribution in [-0.2, 0) is 0 Å². The Morgan fingerprint density at radius 1 is 1.11 bits per heavy atom. The molecule has 1 saturated heterocycles. The molecule has 1 fully saturated rings. The minimum atomic E-state index is -0.928. The van der Waals surface area contributed by atoms with E-state index >= 15 is 0 Å². The highest BCUT2D eigenvalue weighted by molar-refractivity contribution is 6.33. The number of nitrogens with one attached hydrogen (secondary N) is 1. The Labute approximate surface area is 158 Å². The van der Waals surface area contributed by atoms with Crippen molar-refractivity contribution in [1.29, 1.82) is 0 Å². The predicted octanol–water partition coefficient (Wildman–Crippen LogP) is 3.13. The Kier molecular flexibility index (Phi) is 4.43. The maximum absolute atomic E-state index is 13.5. The quantitative estimate of drug-likeness (QED) is 0.851. The number of hydrogen-bond donors (Lipinski definition) is 1. The molecule has 0 bridgehead atoms. The van der Waals surface area contributed by atoms with E-state index in [0.717, 1.165) is 18.2 Å². The van der Waals surface area contributed by atoms with E-state index in [4.69, 9.17) is 11.6 Å². The second-order valence-corrected chi connectivity index (χ2v) is 6.68. The number of hydrazone groups is 1. The third-order valence-electron chi connectivity index (χ3n) is 4.61. The SMILES string of the molecule is O=C(c1ccc(F)cc1Cl)N1CCN2C(=NNC2c2ccc(F)c(F)c2)C1. The van der Waals surface area contributed by atoms with Crippen LogP contribution in [0, 0.1) is 17.5 Å². The van der Waals surface area contributed by atoms with Crippen LogP contribution in [0.5, 0.6) is 0 Å². The average Bonchev–Trinajstić information content (AvgIpc) is 3.06. The highest BCUT2D eigenvalue weighted by Crippen LogP contribution is 2.27. The van der Waals surface area contributed by atoms with Crippen molar-refractivity contribution in [2.24, 2.45) is 5.10 Å². The first-order valence-electron chi connectivity index (χ1n) is 8.22. The highest BCUT2D eigenvalue weighted by Gasteiger charge is 2.35. The normalized spacial score (nSPS) is 18.8. The number of amides is 1. The van der Waals surface area contributed by atoms with E-state index in [1.54, 1.807) is 4.90 Å². The molecular formula is C18H14ClF3N4O. The van der Waals surface area contributed by atoms with Crippen LogP contribution in [0.3, 0.4) is 0 Å². The molecule has 1 amide bonds. The summed E-state index contributed by atoms with van der Waals surface area (Å²) in [6, 6.07) is 7.32. The Bertz CT molecular complexity index is 952. The topological polar surface area (TPSA) is 47.9 Å². The largest absolute Gasteiger partial charge is 0.330 e. The van der Waals surface area contributed by atoms with Crippen molar-refractivity contribution in [3.05, 3.63) is 70.0 Å². The zero-order chi connectivity index (χ0) is 19.1. The third-order valence-corrected chi connectivity index (χ3v) is 4.92. The van der Waals surface area contributed by atoms with E-state index in [2.05, 4.69) is 10.5 Å². The van der Waals surface area contributed by atoms with Gasteiger partial charge in [0.2, 0.25) is 0 Å². The summed E-state index contributed by atoms with van der Waals surface area (Å²) >= 11 is 5.98. The summed E-state index contributed by atoms with van der Waals surface area (Å²) in [7, 11) is 0. The fraction of sp³-hybridized carbons (Fsp3) is 0.222. The fourth-order valence-electron chi connectivity index (χ4n) is 3.22. The first kappa shape index (κ1) is 17.7. The van der Waals surface area contributed by atoms with E-state index in [0.29, 0.717) is 24.5 Å². The summed E-state index contributed by atoms with van der Waals surface area (Å²) in [5.74, 6) is -2.08. The number of benzene rings is 2. The number of rotatable bonds is 2. The van der Waals surface area contributed by atoms with Crippen LogP contribution in [0.1, 0.15) is 22.1 Å². The minimum Gasteiger partial charge on any atom is -0.330 e. The Morgan fingerprint density at radius 2 is 1.93 bits per heavy atom. The van der Waals surface area contributed by atoms with Gasteiger partial charge in [-0.2, -0.15) is 5.10 Å². The Hall–Kier alpha value is -2.74. The number of hydrogen-bond acceptors (Lipinski definition) is 4. The van der Waals surface area contributed by atoms with Gasteiger partial charge in [-0.15, -0.1) is 0 Å². The summed E-state index contributed by atoms with van der Waals surface area (Å²) in [6.07, 6.45) is -0.429. The fourth-order valence-corrected chi connectivity index (χ4v) is 3.47. The van der Waals surface area contributed by atoms with Crippen molar-refractivity contribution in [1.82, 2.24) is 15.2 Å². The first-order valence-corrected chi connectivity index (χ1v) is 8.60. The van der Waals surface area contributed by atoms with Gasteiger partial charge in [-0.25, -0.2) is 13.2 Å². The molecule has 0 saturated carbocycles. The summed E-state index contributed by atoms with van der Waals surface area (Å²) in [5, 5.41) is 4.27. The first-order chi connectivity index (χ1) is 12.9. The lowest BCUT2D eigenvalue weighted by Crippen LogP contribution is -2.51. The second kappa shape index (κ2) is 6.77. The highest BCUT2D eigenvalue weighted by atomic mass is 35.5. The van der Waals surface area contributed by atoms with Crippen LogP contribution >= 0.6 is 11.6 Å². The number of halogens is 4. The molecule has 2 aromatic rings. The maximum Gasteiger partial charge on any atom is 0.255 e. The lowest BCUT2D eigenvalue weighted by molar-refractivity contribution is 0.0736. The van der Waals surface area contributed by atoms with Gasteiger partial charge in [0.05, 0.1) is 17.1 Å². The van der Waals surface area contributed by atoms with Gasteiger partial charge in [0.15, 0.2) is 11.6 Å². The van der Waals surface area contributed by atoms with Crippen LogP contribution in [-0.4, -0.2) is 41.2 Å². The molecule has 1 unspecified atom stereocenters. The van der Waals surface area contributed by atoms with E-state index in [-0.39, 0.29) is 23.0 Å². The number of piperazine rings is 1. The number of carbonyl (C=O) groups excluding carboxylic acids is 1. The van der Waals surface area contributed by atoms with Crippen molar-refractivity contribution in [3.8, 4) is 0 Å². The van der Waals surface area contributed by atoms with Crippen LogP contribution in [0.25, 0.3) is 0 Å². The van der Waals surface area contributed by atoms with Gasteiger partial charge >= 0.3 is 0 Å². The third kappa shape index (κ3) is 3.21. The number of carbonyl (C=O) groups is 1. The monoisotopic (exact) mass is 394 g/mol. The second-order valence-electron chi connectivity index (χ2n) is 6.28. The van der Waals surface area contributed by atoms with E-state index in [1.165, 1.54) is 18.2 Å². The zero-order valence-electron chi connectivity index (χ0n) is 13.9. The summed E-state index contributed by atoms with van der Waals surface area (Å²) in [5.41, 5.74) is 3.64. The van der Waals surface area contributed by atoms with Crippen molar-refractivity contribution < 1.29 is 18.0 Å². The standard InChI is InChI=1S/C18H14ClF3N4O/c19-13-8-11(20)2-3-12(13)18(27)25-5-6-26-16(9-25)23-24-17(26)10-1-4-14(21)15(22)7-10/h1-4,7-8,17,24H,5-6,9H2. The molecule has 2 aliphatic rings. The van der Waals surface area contributed by atoms with Gasteiger partial charge in [0, 0.05) is 13.1 Å². The van der Waals surface area contributed by atoms with Crippen LogP contribution in [0.4, 0.5) is 13.2 Å². The molecule has 2 heterocycles. The number of amidine groups is 1. The minimum absolute atomic E-state index is 0.0496. The molecule has 0 spiro atoms. The molecule has 2 aliphatic heterocycles. The molecule has 1 N–H and O–H groups in total. The summed E-state index contributed by atoms with van der Waals surface area (Å²) in [4.78, 5) is 16.1. The molecule has 4 rings (SSSR count). The lowest BCUT2D eigenvalue weighted by atomic mass is 10.1. The molecule has 2 aromatic carbocycles. The van der Waals surface area contributed by atoms with Gasteiger partial charge in [0.25, 0.3) is 5.91 Å². The van der Waals surface area contributed by atoms with Crippen molar-refractivity contribution >= 4 is 23.3 Å².